The van der Waals surface area contributed by atoms with Crippen molar-refractivity contribution in [3.8, 4) is 0 Å². The first kappa shape index (κ1) is 14.2. The minimum atomic E-state index is -4.25. The van der Waals surface area contributed by atoms with Gasteiger partial charge in [0.2, 0.25) is 0 Å². The van der Waals surface area contributed by atoms with Crippen molar-refractivity contribution in [2.75, 3.05) is 5.73 Å². The van der Waals surface area contributed by atoms with Crippen LogP contribution in [0, 0.1) is 0 Å². The Morgan fingerprint density at radius 3 is 2.43 bits per heavy atom. The minimum absolute atomic E-state index is 0. The maximum atomic E-state index is 10.8. The molecule has 0 saturated carbocycles. The number of anilines is 1. The molecule has 0 aromatic heterocycles. The van der Waals surface area contributed by atoms with E-state index in [4.69, 9.17) is 21.9 Å². The second-order valence-electron chi connectivity index (χ2n) is 2.48. The Morgan fingerprint density at radius 2 is 2.00 bits per heavy atom. The Hall–Kier alpha value is 0.220. The average Bonchev–Trinajstić information content (AvgIpc) is 2.03. The summed E-state index contributed by atoms with van der Waals surface area (Å²) in [6.07, 6.45) is 0. The van der Waals surface area contributed by atoms with E-state index in [-0.39, 0.29) is 46.0 Å². The Balaban J connectivity index is 0.00000169. The summed E-state index contributed by atoms with van der Waals surface area (Å²) in [6.45, 7) is 0. The quantitative estimate of drug-likeness (QED) is 0.346. The topological polar surface area (TPSA) is 80.4 Å². The Morgan fingerprint density at radius 1 is 1.43 bits per heavy atom. The van der Waals surface area contributed by atoms with E-state index in [1.54, 1.807) is 6.07 Å². The van der Waals surface area contributed by atoms with Gasteiger partial charge in [0.1, 0.15) is 4.90 Å². The number of hydrogen-bond donors (Lipinski definition) is 2. The van der Waals surface area contributed by atoms with Crippen LogP contribution < -0.4 is 5.73 Å². The van der Waals surface area contributed by atoms with Crippen LogP contribution in [0.5, 0.6) is 0 Å². The molecule has 1 rings (SSSR count). The first-order valence-corrected chi connectivity index (χ1v) is 5.34. The summed E-state index contributed by atoms with van der Waals surface area (Å²) >= 11 is 5.48. The molecule has 0 heterocycles. The van der Waals surface area contributed by atoms with Crippen molar-refractivity contribution in [2.24, 2.45) is 0 Å². The normalized spacial score (nSPS) is 10.7. The molecule has 0 unspecified atom stereocenters. The van der Waals surface area contributed by atoms with Gasteiger partial charge in [-0.3, -0.25) is 4.55 Å². The van der Waals surface area contributed by atoms with Crippen molar-refractivity contribution in [3.63, 3.8) is 0 Å². The zero-order valence-electron chi connectivity index (χ0n) is 6.57. The molecule has 1 aromatic rings. The van der Waals surface area contributed by atoms with Gasteiger partial charge in [0.15, 0.2) is 0 Å². The molecule has 0 fully saturated rings. The average molecular weight is 246 g/mol. The molecule has 3 N–H and O–H groups in total. The molecule has 74 valence electrons. The fourth-order valence-corrected chi connectivity index (χ4v) is 1.72. The van der Waals surface area contributed by atoms with Crippen LogP contribution in [-0.4, -0.2) is 42.5 Å². The molecule has 0 spiro atoms. The number of benzene rings is 1. The van der Waals surface area contributed by atoms with Gasteiger partial charge in [0.25, 0.3) is 10.1 Å². The van der Waals surface area contributed by atoms with Crippen LogP contribution in [0.1, 0.15) is 5.56 Å². The van der Waals surface area contributed by atoms with E-state index >= 15 is 0 Å². The van der Waals surface area contributed by atoms with Crippen molar-refractivity contribution < 1.29 is 13.0 Å². The molecule has 7 heteroatoms. The SMILES string of the molecule is Nc1ccc(CCl)cc1S(=O)(=O)O.[NaH]. The third-order valence-corrected chi connectivity index (χ3v) is 2.73. The van der Waals surface area contributed by atoms with Gasteiger partial charge in [-0.15, -0.1) is 11.6 Å². The van der Waals surface area contributed by atoms with Crippen molar-refractivity contribution >= 4 is 57.0 Å². The van der Waals surface area contributed by atoms with Gasteiger partial charge in [0, 0.05) is 5.88 Å². The van der Waals surface area contributed by atoms with Crippen LogP contribution in [0.4, 0.5) is 5.69 Å². The third-order valence-electron chi connectivity index (χ3n) is 1.51. The fourth-order valence-electron chi connectivity index (χ4n) is 0.885. The number of halogens is 1. The number of nitrogen functional groups attached to an aromatic ring is 1. The monoisotopic (exact) mass is 245 g/mol. The molecule has 0 saturated heterocycles. The van der Waals surface area contributed by atoms with Crippen LogP contribution in [0.3, 0.4) is 0 Å². The molecule has 0 atom stereocenters. The van der Waals surface area contributed by atoms with Crippen LogP contribution in [0.15, 0.2) is 23.1 Å². The second-order valence-corrected chi connectivity index (χ2v) is 4.14. The van der Waals surface area contributed by atoms with Gasteiger partial charge in [-0.05, 0) is 17.7 Å². The number of nitrogens with two attached hydrogens (primary N) is 1. The van der Waals surface area contributed by atoms with Crippen LogP contribution in [0.2, 0.25) is 0 Å². The van der Waals surface area contributed by atoms with Gasteiger partial charge in [-0.1, -0.05) is 6.07 Å². The fraction of sp³-hybridized carbons (Fsp3) is 0.143. The molecule has 0 aliphatic heterocycles. The van der Waals surface area contributed by atoms with Crippen molar-refractivity contribution in [1.29, 1.82) is 0 Å². The van der Waals surface area contributed by atoms with Crippen molar-refractivity contribution in [2.45, 2.75) is 10.8 Å². The van der Waals surface area contributed by atoms with E-state index in [9.17, 15) is 8.42 Å². The molecule has 0 bridgehead atoms. The predicted octanol–water partition coefficient (Wildman–Crippen LogP) is 0.606. The molecule has 14 heavy (non-hydrogen) atoms. The van der Waals surface area contributed by atoms with Crippen molar-refractivity contribution in [1.82, 2.24) is 0 Å². The molecule has 0 aliphatic carbocycles. The van der Waals surface area contributed by atoms with E-state index in [0.717, 1.165) is 0 Å². The van der Waals surface area contributed by atoms with Gasteiger partial charge < -0.3 is 5.73 Å². The van der Waals surface area contributed by atoms with Gasteiger partial charge in [-0.2, -0.15) is 8.42 Å². The maximum absolute atomic E-state index is 10.8. The van der Waals surface area contributed by atoms with Crippen molar-refractivity contribution in [3.05, 3.63) is 23.8 Å². The first-order chi connectivity index (χ1) is 5.95. The summed E-state index contributed by atoms with van der Waals surface area (Å²) in [5.74, 6) is 0.169. The summed E-state index contributed by atoms with van der Waals surface area (Å²) in [6, 6.07) is 4.23. The molecule has 0 amide bonds. The summed E-state index contributed by atoms with van der Waals surface area (Å²) < 4.78 is 30.2. The molecular formula is C7H9ClNNaO3S. The second kappa shape index (κ2) is 5.34. The third kappa shape index (κ3) is 3.42. The molecule has 0 radical (unpaired) electrons. The Bertz CT molecular complexity index is 421. The Labute approximate surface area is 109 Å². The molecule has 1 aromatic carbocycles. The van der Waals surface area contributed by atoms with E-state index in [0.29, 0.717) is 5.56 Å². The standard InChI is InChI=1S/C7H8ClNO3S.Na.H/c8-4-5-1-2-6(9)7(3-5)13(10,11)12;;/h1-3H,4,9H2,(H,10,11,12);;. The Kier molecular flexibility index (Phi) is 5.43. The predicted molar refractivity (Wildman–Crippen MR) is 57.4 cm³/mol. The zero-order valence-corrected chi connectivity index (χ0v) is 8.14. The molecular weight excluding hydrogens is 237 g/mol. The number of rotatable bonds is 2. The van der Waals surface area contributed by atoms with E-state index in [2.05, 4.69) is 0 Å². The summed E-state index contributed by atoms with van der Waals surface area (Å²) in [4.78, 5) is -0.300. The number of alkyl halides is 1. The molecule has 4 nitrogen and oxygen atoms in total. The van der Waals surface area contributed by atoms with Gasteiger partial charge in [-0.25, -0.2) is 0 Å². The number of hydrogen-bond acceptors (Lipinski definition) is 3. The van der Waals surface area contributed by atoms with Gasteiger partial charge >= 0.3 is 29.6 Å². The zero-order chi connectivity index (χ0) is 10.1. The summed E-state index contributed by atoms with van der Waals surface area (Å²) in [5.41, 5.74) is 5.95. The van der Waals surface area contributed by atoms with E-state index in [1.807, 2.05) is 0 Å². The van der Waals surface area contributed by atoms with Gasteiger partial charge in [0.05, 0.1) is 5.69 Å². The van der Waals surface area contributed by atoms with Crippen LogP contribution >= 0.6 is 11.6 Å². The summed E-state index contributed by atoms with van der Waals surface area (Å²) in [7, 11) is -4.25. The summed E-state index contributed by atoms with van der Waals surface area (Å²) in [5, 5.41) is 0. The van der Waals surface area contributed by atoms with Crippen LogP contribution in [0.25, 0.3) is 0 Å². The van der Waals surface area contributed by atoms with Crippen LogP contribution in [-0.2, 0) is 16.0 Å². The molecule has 0 aliphatic rings. The first-order valence-electron chi connectivity index (χ1n) is 3.37. The van der Waals surface area contributed by atoms with E-state index in [1.165, 1.54) is 12.1 Å². The van der Waals surface area contributed by atoms with E-state index < -0.39 is 10.1 Å².